The summed E-state index contributed by atoms with van der Waals surface area (Å²) in [5, 5.41) is 2.60. The molecule has 1 aliphatic heterocycles. The Morgan fingerprint density at radius 1 is 0.788 bits per heavy atom. The van der Waals surface area contributed by atoms with Crippen LogP contribution in [0.2, 0.25) is 0 Å². The summed E-state index contributed by atoms with van der Waals surface area (Å²) in [4.78, 5) is 4.89. The van der Waals surface area contributed by atoms with Gasteiger partial charge in [0.1, 0.15) is 5.82 Å². The lowest BCUT2D eigenvalue weighted by atomic mass is 10.1. The Labute approximate surface area is 193 Å². The first-order valence-corrected chi connectivity index (χ1v) is 13.0. The molecule has 0 amide bonds. The molecule has 0 spiro atoms. The van der Waals surface area contributed by atoms with Crippen LogP contribution in [0.5, 0.6) is 0 Å². The van der Waals surface area contributed by atoms with Crippen LogP contribution >= 0.6 is 7.14 Å². The van der Waals surface area contributed by atoms with Crippen molar-refractivity contribution in [2.45, 2.75) is 13.3 Å². The van der Waals surface area contributed by atoms with Crippen LogP contribution in [0.15, 0.2) is 97.1 Å². The number of nitrogens with zero attached hydrogens (tertiary/aromatic N) is 2. The molecular weight excluding hydrogens is 423 g/mol. The summed E-state index contributed by atoms with van der Waals surface area (Å²) < 4.78 is 17.3. The second kappa shape index (κ2) is 7.72. The second-order valence-electron chi connectivity index (χ2n) is 8.30. The van der Waals surface area contributed by atoms with Crippen molar-refractivity contribution < 1.29 is 4.57 Å². The molecule has 3 nitrogen and oxygen atoms in total. The van der Waals surface area contributed by atoms with Gasteiger partial charge in [0.2, 0.25) is 0 Å². The van der Waals surface area contributed by atoms with Gasteiger partial charge < -0.3 is 4.57 Å². The fraction of sp³-hybridized carbons (Fsp3) is 0.0690. The van der Waals surface area contributed by atoms with E-state index in [2.05, 4.69) is 54.0 Å². The zero-order valence-electron chi connectivity index (χ0n) is 18.3. The fourth-order valence-corrected chi connectivity index (χ4v) is 7.84. The number of rotatable bonds is 4. The lowest BCUT2D eigenvalue weighted by molar-refractivity contribution is 0.592. The number of benzene rings is 4. The average Bonchev–Trinajstić information content (AvgIpc) is 3.26. The number of hydrogen-bond acceptors (Lipinski definition) is 2. The molecular formula is C29H23N2OP. The van der Waals surface area contributed by atoms with Crippen molar-refractivity contribution in [3.05, 3.63) is 114 Å². The van der Waals surface area contributed by atoms with Gasteiger partial charge in [-0.15, -0.1) is 0 Å². The molecule has 1 aromatic heterocycles. The van der Waals surface area contributed by atoms with Gasteiger partial charge in [0, 0.05) is 22.3 Å². The number of imidazole rings is 1. The van der Waals surface area contributed by atoms with Crippen molar-refractivity contribution in [2.24, 2.45) is 0 Å². The van der Waals surface area contributed by atoms with Gasteiger partial charge in [-0.05, 0) is 35.4 Å². The number of fused-ring (bicyclic) bond motifs is 2. The largest absolute Gasteiger partial charge is 0.308 e. The van der Waals surface area contributed by atoms with E-state index in [-0.39, 0.29) is 0 Å². The molecule has 1 atom stereocenters. The van der Waals surface area contributed by atoms with Gasteiger partial charge in [0.15, 0.2) is 7.14 Å². The van der Waals surface area contributed by atoms with E-state index in [0.29, 0.717) is 0 Å². The molecule has 0 N–H and O–H groups in total. The first-order valence-electron chi connectivity index (χ1n) is 11.2. The van der Waals surface area contributed by atoms with Gasteiger partial charge in [-0.25, -0.2) is 4.98 Å². The Hall–Kier alpha value is -3.68. The minimum atomic E-state index is -3.08. The summed E-state index contributed by atoms with van der Waals surface area (Å²) in [6.07, 6.45) is 4.99. The molecule has 5 aromatic rings. The smallest absolute Gasteiger partial charge is 0.175 e. The van der Waals surface area contributed by atoms with Crippen molar-refractivity contribution in [3.8, 4) is 5.69 Å². The topological polar surface area (TPSA) is 34.9 Å². The second-order valence-corrected chi connectivity index (χ2v) is 11.0. The van der Waals surface area contributed by atoms with E-state index >= 15 is 4.57 Å². The molecule has 160 valence electrons. The van der Waals surface area contributed by atoms with E-state index in [1.54, 1.807) is 0 Å². The minimum Gasteiger partial charge on any atom is -0.308 e. The van der Waals surface area contributed by atoms with Crippen LogP contribution in [0.4, 0.5) is 0 Å². The Morgan fingerprint density at radius 3 is 2.27 bits per heavy atom. The Kier molecular flexibility index (Phi) is 4.67. The summed E-state index contributed by atoms with van der Waals surface area (Å²) in [5.41, 5.74) is 5.01. The van der Waals surface area contributed by atoms with E-state index < -0.39 is 7.14 Å². The van der Waals surface area contributed by atoms with E-state index in [1.165, 1.54) is 0 Å². The van der Waals surface area contributed by atoms with Gasteiger partial charge in [-0.1, -0.05) is 91.9 Å². The highest BCUT2D eigenvalue weighted by Crippen LogP contribution is 2.49. The van der Waals surface area contributed by atoms with Crippen LogP contribution < -0.4 is 15.9 Å². The Bertz CT molecular complexity index is 1570. The quantitative estimate of drug-likeness (QED) is 0.257. The first kappa shape index (κ1) is 20.0. The number of para-hydroxylation sites is 1. The first-order chi connectivity index (χ1) is 16.2. The predicted octanol–water partition coefficient (Wildman–Crippen LogP) is 5.71. The maximum atomic E-state index is 15.1. The molecule has 4 heteroatoms. The van der Waals surface area contributed by atoms with E-state index in [9.17, 15) is 0 Å². The number of aryl methyl sites for hydroxylation is 1. The van der Waals surface area contributed by atoms with Gasteiger partial charge in [-0.2, -0.15) is 0 Å². The number of hydrogen-bond donors (Lipinski definition) is 0. The summed E-state index contributed by atoms with van der Waals surface area (Å²) >= 11 is 0. The molecule has 4 aromatic carbocycles. The van der Waals surface area contributed by atoms with Gasteiger partial charge in [0.25, 0.3) is 0 Å². The molecule has 1 aliphatic rings. The summed E-state index contributed by atoms with van der Waals surface area (Å²) in [6.45, 7) is 2.12. The van der Waals surface area contributed by atoms with Crippen LogP contribution in [-0.2, 0) is 11.0 Å². The van der Waals surface area contributed by atoms with E-state index in [1.807, 2.05) is 66.7 Å². The summed E-state index contributed by atoms with van der Waals surface area (Å²) in [6, 6.07) is 32.4. The van der Waals surface area contributed by atoms with E-state index in [0.717, 1.165) is 56.0 Å². The SMILES string of the molecule is CCc1nc2cccc3c2n1-c1ccc(/C=C/c2ccccc2)cc1P3(=O)c1ccccc1. The van der Waals surface area contributed by atoms with Crippen molar-refractivity contribution in [1.82, 2.24) is 9.55 Å². The zero-order valence-corrected chi connectivity index (χ0v) is 19.2. The molecule has 0 saturated heterocycles. The molecule has 0 fully saturated rings. The molecule has 0 aliphatic carbocycles. The molecule has 33 heavy (non-hydrogen) atoms. The highest BCUT2D eigenvalue weighted by atomic mass is 31.2. The standard InChI is InChI=1S/C29H23N2OP/c1-2-28-30-24-14-9-15-26-29(24)31(28)25-19-18-22(17-16-21-10-5-3-6-11-21)20-27(25)33(26,32)23-12-7-4-8-13-23/h3-20H,2H2,1H3/b17-16+. The van der Waals surface area contributed by atoms with Gasteiger partial charge >= 0.3 is 0 Å². The molecule has 0 bridgehead atoms. The van der Waals surface area contributed by atoms with Crippen molar-refractivity contribution in [3.63, 3.8) is 0 Å². The van der Waals surface area contributed by atoms with E-state index in [4.69, 9.17) is 4.98 Å². The van der Waals surface area contributed by atoms with Crippen LogP contribution in [0.3, 0.4) is 0 Å². The van der Waals surface area contributed by atoms with Crippen LogP contribution in [-0.4, -0.2) is 9.55 Å². The predicted molar refractivity (Wildman–Crippen MR) is 139 cm³/mol. The molecule has 1 unspecified atom stereocenters. The highest BCUT2D eigenvalue weighted by Gasteiger charge is 2.39. The van der Waals surface area contributed by atoms with Gasteiger partial charge in [-0.3, -0.25) is 4.57 Å². The maximum absolute atomic E-state index is 15.1. The number of aromatic nitrogens is 2. The van der Waals surface area contributed by atoms with Crippen molar-refractivity contribution >= 4 is 46.2 Å². The van der Waals surface area contributed by atoms with Crippen LogP contribution in [0, 0.1) is 0 Å². The lowest BCUT2D eigenvalue weighted by Crippen LogP contribution is -2.33. The normalized spacial score (nSPS) is 16.9. The molecule has 0 radical (unpaired) electrons. The monoisotopic (exact) mass is 446 g/mol. The molecule has 6 rings (SSSR count). The fourth-order valence-electron chi connectivity index (χ4n) is 4.80. The van der Waals surface area contributed by atoms with Crippen molar-refractivity contribution in [1.29, 1.82) is 0 Å². The molecule has 2 heterocycles. The highest BCUT2D eigenvalue weighted by molar-refractivity contribution is 7.86. The van der Waals surface area contributed by atoms with Gasteiger partial charge in [0.05, 0.1) is 16.7 Å². The zero-order chi connectivity index (χ0) is 22.4. The summed E-state index contributed by atoms with van der Waals surface area (Å²) in [5.74, 6) is 0.991. The third-order valence-corrected chi connectivity index (χ3v) is 9.45. The summed E-state index contributed by atoms with van der Waals surface area (Å²) in [7, 11) is -3.08. The Balaban J connectivity index is 1.64. The van der Waals surface area contributed by atoms with Crippen molar-refractivity contribution in [2.75, 3.05) is 0 Å². The average molecular weight is 446 g/mol. The Morgan fingerprint density at radius 2 is 1.52 bits per heavy atom. The lowest BCUT2D eigenvalue weighted by Gasteiger charge is -2.29. The maximum Gasteiger partial charge on any atom is 0.175 e. The minimum absolute atomic E-state index is 0.804. The van der Waals surface area contributed by atoms with Crippen LogP contribution in [0.1, 0.15) is 23.9 Å². The third-order valence-electron chi connectivity index (χ3n) is 6.35. The third kappa shape index (κ3) is 3.04. The van der Waals surface area contributed by atoms with Crippen LogP contribution in [0.25, 0.3) is 28.9 Å². The molecule has 0 saturated carbocycles.